The predicted molar refractivity (Wildman–Crippen MR) is 93.7 cm³/mol. The Hall–Kier alpha value is -1.25. The van der Waals surface area contributed by atoms with Crippen LogP contribution in [-0.2, 0) is 9.16 Å². The van der Waals surface area contributed by atoms with Gasteiger partial charge in [-0.1, -0.05) is 27.7 Å². The molecule has 2 N–H and O–H groups in total. The number of rotatable bonds is 4. The first-order valence-electron chi connectivity index (χ1n) is 8.26. The number of nitrogens with zero attached hydrogens (tertiary/aromatic N) is 2. The Morgan fingerprint density at radius 3 is 2.71 bits per heavy atom. The van der Waals surface area contributed by atoms with Crippen molar-refractivity contribution in [1.29, 1.82) is 0 Å². The van der Waals surface area contributed by atoms with Crippen LogP contribution >= 0.6 is 0 Å². The molecule has 3 atom stereocenters. The van der Waals surface area contributed by atoms with Crippen molar-refractivity contribution in [3.8, 4) is 0 Å². The molecular weight excluding hydrogens is 329 g/mol. The molecule has 2 rings (SSSR count). The fourth-order valence-electron chi connectivity index (χ4n) is 2.52. The summed E-state index contributed by atoms with van der Waals surface area (Å²) in [5.41, 5.74) is 4.73. The average molecular weight is 358 g/mol. The van der Waals surface area contributed by atoms with E-state index in [1.54, 1.807) is 0 Å². The van der Waals surface area contributed by atoms with Gasteiger partial charge in [0.15, 0.2) is 20.0 Å². The lowest BCUT2D eigenvalue weighted by molar-refractivity contribution is -0.0318. The van der Waals surface area contributed by atoms with Gasteiger partial charge in [0, 0.05) is 5.92 Å². The Kier molecular flexibility index (Phi) is 5.22. The zero-order valence-electron chi connectivity index (χ0n) is 15.3. The van der Waals surface area contributed by atoms with Crippen molar-refractivity contribution < 1.29 is 13.6 Å². The van der Waals surface area contributed by atoms with Crippen molar-refractivity contribution in [3.63, 3.8) is 0 Å². The minimum absolute atomic E-state index is 0.0561. The molecule has 0 aliphatic carbocycles. The molecular formula is C16H28FN3O3Si. The standard InChI is InChI=1S/C16H28FN3O3Si/c1-10-7-11(9-22-24(5,6)16(2,3)4)23-14(10)20-8-12(17)13(18)19-15(20)21/h8,10-11,14H,7,9H2,1-6H3,(H2,18,19,21)/t10-,11-,14+/m0/s1. The summed E-state index contributed by atoms with van der Waals surface area (Å²) in [5, 5.41) is 0.123. The molecule has 1 aliphatic rings. The smallest absolute Gasteiger partial charge is 0.351 e. The highest BCUT2D eigenvalue weighted by atomic mass is 28.4. The molecule has 0 aromatic carbocycles. The zero-order valence-corrected chi connectivity index (χ0v) is 16.3. The number of halogens is 1. The second kappa shape index (κ2) is 6.57. The summed E-state index contributed by atoms with van der Waals surface area (Å²) < 4.78 is 27.0. The highest BCUT2D eigenvalue weighted by Gasteiger charge is 2.40. The van der Waals surface area contributed by atoms with Crippen molar-refractivity contribution in [1.82, 2.24) is 9.55 Å². The Bertz CT molecular complexity index is 657. The second-order valence-corrected chi connectivity index (χ2v) is 12.9. The monoisotopic (exact) mass is 357 g/mol. The topological polar surface area (TPSA) is 79.4 Å². The third-order valence-corrected chi connectivity index (χ3v) is 9.60. The highest BCUT2D eigenvalue weighted by molar-refractivity contribution is 6.74. The van der Waals surface area contributed by atoms with Crippen molar-refractivity contribution in [2.75, 3.05) is 12.3 Å². The summed E-state index contributed by atoms with van der Waals surface area (Å²) in [4.78, 5) is 15.5. The minimum Gasteiger partial charge on any atom is -0.414 e. The van der Waals surface area contributed by atoms with Gasteiger partial charge in [-0.3, -0.25) is 4.57 Å². The number of aromatic nitrogens is 2. The molecule has 0 amide bonds. The van der Waals surface area contributed by atoms with E-state index in [9.17, 15) is 9.18 Å². The molecule has 0 radical (unpaired) electrons. The maximum absolute atomic E-state index is 13.7. The second-order valence-electron chi connectivity index (χ2n) is 8.10. The van der Waals surface area contributed by atoms with Crippen LogP contribution in [0, 0.1) is 11.7 Å². The molecule has 1 aliphatic heterocycles. The van der Waals surface area contributed by atoms with Crippen molar-refractivity contribution in [3.05, 3.63) is 22.5 Å². The molecule has 0 spiro atoms. The van der Waals surface area contributed by atoms with E-state index in [2.05, 4.69) is 38.8 Å². The van der Waals surface area contributed by atoms with E-state index in [1.807, 2.05) is 6.92 Å². The minimum atomic E-state index is -1.86. The Morgan fingerprint density at radius 2 is 2.12 bits per heavy atom. The number of hydrogen-bond acceptors (Lipinski definition) is 5. The van der Waals surface area contributed by atoms with E-state index >= 15 is 0 Å². The molecule has 1 fully saturated rings. The molecule has 6 nitrogen and oxygen atoms in total. The quantitative estimate of drug-likeness (QED) is 0.838. The van der Waals surface area contributed by atoms with Crippen molar-refractivity contribution in [2.24, 2.45) is 5.92 Å². The summed E-state index contributed by atoms with van der Waals surface area (Å²) in [6.07, 6.45) is 1.15. The fraction of sp³-hybridized carbons (Fsp3) is 0.750. The van der Waals surface area contributed by atoms with Gasteiger partial charge in [-0.2, -0.15) is 4.98 Å². The van der Waals surface area contributed by atoms with Gasteiger partial charge < -0.3 is 14.9 Å². The summed E-state index contributed by atoms with van der Waals surface area (Å²) in [6, 6.07) is 0. The lowest BCUT2D eigenvalue weighted by atomic mass is 10.1. The first kappa shape index (κ1) is 19.1. The maximum atomic E-state index is 13.7. The largest absolute Gasteiger partial charge is 0.414 e. The van der Waals surface area contributed by atoms with Gasteiger partial charge >= 0.3 is 5.69 Å². The molecule has 0 bridgehead atoms. The van der Waals surface area contributed by atoms with E-state index in [-0.39, 0.29) is 22.9 Å². The van der Waals surface area contributed by atoms with E-state index in [0.29, 0.717) is 6.61 Å². The molecule has 0 saturated carbocycles. The third kappa shape index (κ3) is 3.87. The van der Waals surface area contributed by atoms with Crippen LogP contribution in [0.5, 0.6) is 0 Å². The molecule has 8 heteroatoms. The first-order chi connectivity index (χ1) is 10.9. The van der Waals surface area contributed by atoms with Gasteiger partial charge in [0.2, 0.25) is 0 Å². The fourth-order valence-corrected chi connectivity index (χ4v) is 3.56. The van der Waals surface area contributed by atoms with Crippen LogP contribution in [0.15, 0.2) is 11.0 Å². The number of ether oxygens (including phenoxy) is 1. The normalized spacial score (nSPS) is 25.2. The van der Waals surface area contributed by atoms with Crippen molar-refractivity contribution >= 4 is 14.1 Å². The molecule has 1 saturated heterocycles. The van der Waals surface area contributed by atoms with E-state index < -0.39 is 26.1 Å². The SMILES string of the molecule is C[C@H]1C[C@@H](CO[Si](C)(C)C(C)(C)C)O[C@H]1n1cc(F)c(N)nc1=O. The van der Waals surface area contributed by atoms with Crippen LogP contribution in [0.25, 0.3) is 0 Å². The molecule has 1 aromatic rings. The predicted octanol–water partition coefficient (Wildman–Crippen LogP) is 2.91. The van der Waals surface area contributed by atoms with Crippen LogP contribution in [-0.4, -0.2) is 30.6 Å². The van der Waals surface area contributed by atoms with Gasteiger partial charge in [0.05, 0.1) is 18.9 Å². The van der Waals surface area contributed by atoms with Crippen LogP contribution in [0.2, 0.25) is 18.1 Å². The summed E-state index contributed by atoms with van der Waals surface area (Å²) >= 11 is 0. The van der Waals surface area contributed by atoms with Crippen LogP contribution in [0.4, 0.5) is 10.2 Å². The lowest BCUT2D eigenvalue weighted by Crippen LogP contribution is -2.42. The molecule has 2 heterocycles. The summed E-state index contributed by atoms with van der Waals surface area (Å²) in [5.74, 6) is -1.05. The van der Waals surface area contributed by atoms with Gasteiger partial charge in [-0.05, 0) is 24.6 Å². The lowest BCUT2D eigenvalue weighted by Gasteiger charge is -2.36. The van der Waals surface area contributed by atoms with Gasteiger partial charge in [0.1, 0.15) is 6.23 Å². The first-order valence-corrected chi connectivity index (χ1v) is 11.2. The van der Waals surface area contributed by atoms with E-state index in [4.69, 9.17) is 14.9 Å². The Balaban J connectivity index is 2.08. The average Bonchev–Trinajstić information content (AvgIpc) is 2.80. The number of hydrogen-bond donors (Lipinski definition) is 1. The maximum Gasteiger partial charge on any atom is 0.351 e. The summed E-state index contributed by atoms with van der Waals surface area (Å²) in [7, 11) is -1.86. The zero-order chi connectivity index (χ0) is 18.3. The molecule has 1 aromatic heterocycles. The Labute approximate surface area is 143 Å². The van der Waals surface area contributed by atoms with Gasteiger partial charge in [-0.15, -0.1) is 0 Å². The van der Waals surface area contributed by atoms with E-state index in [1.165, 1.54) is 4.57 Å². The Morgan fingerprint density at radius 1 is 1.50 bits per heavy atom. The van der Waals surface area contributed by atoms with Crippen LogP contribution in [0.1, 0.15) is 40.3 Å². The van der Waals surface area contributed by atoms with Crippen LogP contribution < -0.4 is 11.4 Å². The van der Waals surface area contributed by atoms with Crippen molar-refractivity contribution in [2.45, 2.75) is 64.6 Å². The van der Waals surface area contributed by atoms with Gasteiger partial charge in [0.25, 0.3) is 0 Å². The molecule has 136 valence electrons. The highest BCUT2D eigenvalue weighted by Crippen LogP contribution is 2.38. The van der Waals surface area contributed by atoms with Gasteiger partial charge in [-0.25, -0.2) is 9.18 Å². The molecule has 24 heavy (non-hydrogen) atoms. The van der Waals surface area contributed by atoms with Crippen LogP contribution in [0.3, 0.4) is 0 Å². The number of anilines is 1. The molecule has 0 unspecified atom stereocenters. The number of nitrogens with two attached hydrogens (primary N) is 1. The number of nitrogen functional groups attached to an aromatic ring is 1. The summed E-state index contributed by atoms with van der Waals surface area (Å²) in [6.45, 7) is 13.4. The van der Waals surface area contributed by atoms with E-state index in [0.717, 1.165) is 12.6 Å². The third-order valence-electron chi connectivity index (χ3n) is 5.10.